The Balaban J connectivity index is 1.95. The fraction of sp³-hybridized carbons (Fsp3) is 0.385. The highest BCUT2D eigenvalue weighted by Gasteiger charge is 2.21. The number of carbonyl (C=O) groups excluding carboxylic acids is 1. The molecule has 1 amide bonds. The van der Waals surface area contributed by atoms with E-state index in [2.05, 4.69) is 30.9 Å². The fourth-order valence-corrected chi connectivity index (χ4v) is 5.26. The average molecular weight is 520 g/mol. The van der Waals surface area contributed by atoms with Gasteiger partial charge in [0.05, 0.1) is 15.7 Å². The lowest BCUT2D eigenvalue weighted by atomic mass is 10.0. The zero-order valence-electron chi connectivity index (χ0n) is 19.9. The highest BCUT2D eigenvalue weighted by Crippen LogP contribution is 2.37. The molecular formula is C26H32Cl2N4OS. The molecular weight excluding hydrogens is 487 g/mol. The molecule has 0 aliphatic rings. The minimum atomic E-state index is 0.0761. The van der Waals surface area contributed by atoms with E-state index in [1.807, 2.05) is 36.4 Å². The van der Waals surface area contributed by atoms with Crippen molar-refractivity contribution >= 4 is 45.6 Å². The summed E-state index contributed by atoms with van der Waals surface area (Å²) in [5, 5.41) is 1.94. The summed E-state index contributed by atoms with van der Waals surface area (Å²) in [6.07, 6.45) is 1.30. The van der Waals surface area contributed by atoms with E-state index in [1.165, 1.54) is 10.4 Å². The van der Waals surface area contributed by atoms with Gasteiger partial charge in [0, 0.05) is 50.1 Å². The van der Waals surface area contributed by atoms with Crippen LogP contribution >= 0.6 is 34.5 Å². The molecule has 0 saturated carbocycles. The molecule has 2 aromatic carbocycles. The van der Waals surface area contributed by atoms with Gasteiger partial charge in [0.25, 0.3) is 0 Å². The number of nitrogens with two attached hydrogens (primary N) is 1. The predicted octanol–water partition coefficient (Wildman–Crippen LogP) is 6.13. The number of hydrogen-bond acceptors (Lipinski definition) is 5. The molecule has 3 aromatic rings. The summed E-state index contributed by atoms with van der Waals surface area (Å²) < 4.78 is 0. The van der Waals surface area contributed by atoms with Crippen molar-refractivity contribution in [3.05, 3.63) is 69.0 Å². The van der Waals surface area contributed by atoms with E-state index in [1.54, 1.807) is 23.3 Å². The van der Waals surface area contributed by atoms with Gasteiger partial charge in [0.1, 0.15) is 0 Å². The van der Waals surface area contributed by atoms with Gasteiger partial charge in [-0.25, -0.2) is 4.98 Å². The van der Waals surface area contributed by atoms with Crippen LogP contribution in [0, 0.1) is 5.92 Å². The smallest absolute Gasteiger partial charge is 0.224 e. The highest BCUT2D eigenvalue weighted by molar-refractivity contribution is 7.16. The fourth-order valence-electron chi connectivity index (χ4n) is 3.64. The lowest BCUT2D eigenvalue weighted by molar-refractivity contribution is -0.129. The second-order valence-corrected chi connectivity index (χ2v) is 10.6. The molecule has 1 aromatic heterocycles. The highest BCUT2D eigenvalue weighted by atomic mass is 35.5. The van der Waals surface area contributed by atoms with Crippen LogP contribution in [-0.4, -0.2) is 42.5 Å². The van der Waals surface area contributed by atoms with E-state index < -0.39 is 0 Å². The Bertz CT molecular complexity index is 1090. The molecule has 0 spiro atoms. The zero-order chi connectivity index (χ0) is 24.7. The number of benzene rings is 2. The third kappa shape index (κ3) is 7.19. The molecule has 34 heavy (non-hydrogen) atoms. The monoisotopic (exact) mass is 518 g/mol. The maximum Gasteiger partial charge on any atom is 0.224 e. The maximum atomic E-state index is 12.6. The average Bonchev–Trinajstić information content (AvgIpc) is 3.22. The Morgan fingerprint density at radius 3 is 2.47 bits per heavy atom. The number of halogens is 2. The number of carbonyl (C=O) groups is 1. The van der Waals surface area contributed by atoms with E-state index in [4.69, 9.17) is 33.9 Å². The molecule has 5 nitrogen and oxygen atoms in total. The molecule has 8 heteroatoms. The van der Waals surface area contributed by atoms with Gasteiger partial charge in [-0.15, -0.1) is 11.3 Å². The number of thiazole rings is 1. The summed E-state index contributed by atoms with van der Waals surface area (Å²) in [5.74, 6) is 0.552. The molecule has 0 aliphatic carbocycles. The van der Waals surface area contributed by atoms with Crippen molar-refractivity contribution in [2.45, 2.75) is 33.2 Å². The van der Waals surface area contributed by atoms with Crippen molar-refractivity contribution < 1.29 is 4.79 Å². The molecule has 0 fully saturated rings. The SMILES string of the molecule is CC(C)Cc1sc(N(CCC(=O)N(C)CCN)Cc2ccccc2)nc1-c1ccc(Cl)c(Cl)c1. The Hall–Kier alpha value is -2.12. The minimum absolute atomic E-state index is 0.0761. The van der Waals surface area contributed by atoms with Gasteiger partial charge in [0.2, 0.25) is 5.91 Å². The Morgan fingerprint density at radius 2 is 1.82 bits per heavy atom. The number of hydrogen-bond donors (Lipinski definition) is 1. The number of amides is 1. The molecule has 0 aliphatic heterocycles. The summed E-state index contributed by atoms with van der Waals surface area (Å²) in [5.41, 5.74) is 8.67. The van der Waals surface area contributed by atoms with Crippen LogP contribution in [-0.2, 0) is 17.8 Å². The molecule has 2 N–H and O–H groups in total. The third-order valence-electron chi connectivity index (χ3n) is 5.45. The van der Waals surface area contributed by atoms with Crippen LogP contribution in [0.25, 0.3) is 11.3 Å². The van der Waals surface area contributed by atoms with E-state index in [0.717, 1.165) is 22.8 Å². The molecule has 0 unspecified atom stereocenters. The van der Waals surface area contributed by atoms with Gasteiger partial charge in [-0.05, 0) is 30.0 Å². The maximum absolute atomic E-state index is 12.6. The van der Waals surface area contributed by atoms with Crippen molar-refractivity contribution in [3.63, 3.8) is 0 Å². The topological polar surface area (TPSA) is 62.5 Å². The molecule has 182 valence electrons. The first kappa shape index (κ1) is 26.5. The lowest BCUT2D eigenvalue weighted by Gasteiger charge is -2.23. The zero-order valence-corrected chi connectivity index (χ0v) is 22.3. The quantitative estimate of drug-likeness (QED) is 0.331. The van der Waals surface area contributed by atoms with Crippen LogP contribution in [0.2, 0.25) is 10.0 Å². The predicted molar refractivity (Wildman–Crippen MR) is 145 cm³/mol. The van der Waals surface area contributed by atoms with E-state index in [0.29, 0.717) is 48.6 Å². The minimum Gasteiger partial charge on any atom is -0.344 e. The first-order valence-electron chi connectivity index (χ1n) is 11.5. The summed E-state index contributed by atoms with van der Waals surface area (Å²) in [6, 6.07) is 15.9. The normalized spacial score (nSPS) is 11.1. The van der Waals surface area contributed by atoms with Crippen molar-refractivity contribution in [2.24, 2.45) is 11.7 Å². The van der Waals surface area contributed by atoms with Gasteiger partial charge < -0.3 is 15.5 Å². The standard InChI is InChI=1S/C26H32Cl2N4OS/c1-18(2)15-23-25(20-9-10-21(27)22(28)16-20)30-26(34-23)32(17-19-7-5-4-6-8-19)13-11-24(33)31(3)14-12-29/h4-10,16,18H,11-15,17,29H2,1-3H3. The number of nitrogens with zero attached hydrogens (tertiary/aromatic N) is 3. The summed E-state index contributed by atoms with van der Waals surface area (Å²) in [6.45, 7) is 6.64. The molecule has 0 bridgehead atoms. The summed E-state index contributed by atoms with van der Waals surface area (Å²) in [4.78, 5) is 22.8. The Kier molecular flexibility index (Phi) is 9.77. The number of rotatable bonds is 11. The van der Waals surface area contributed by atoms with Crippen molar-refractivity contribution in [3.8, 4) is 11.3 Å². The second-order valence-electron chi connectivity index (χ2n) is 8.76. The Labute approximate surface area is 216 Å². The van der Waals surface area contributed by atoms with Gasteiger partial charge in [0.15, 0.2) is 5.13 Å². The lowest BCUT2D eigenvalue weighted by Crippen LogP contribution is -2.34. The summed E-state index contributed by atoms with van der Waals surface area (Å²) >= 11 is 14.2. The van der Waals surface area contributed by atoms with Gasteiger partial charge in [-0.2, -0.15) is 0 Å². The van der Waals surface area contributed by atoms with E-state index in [-0.39, 0.29) is 5.91 Å². The molecule has 0 saturated heterocycles. The number of likely N-dealkylation sites (N-methyl/N-ethyl adjacent to an activating group) is 1. The third-order valence-corrected chi connectivity index (χ3v) is 7.32. The van der Waals surface area contributed by atoms with Crippen LogP contribution in [0.15, 0.2) is 48.5 Å². The van der Waals surface area contributed by atoms with Gasteiger partial charge in [-0.3, -0.25) is 4.79 Å². The first-order chi connectivity index (χ1) is 16.3. The van der Waals surface area contributed by atoms with Crippen LogP contribution in [0.1, 0.15) is 30.7 Å². The molecule has 3 rings (SSSR count). The van der Waals surface area contributed by atoms with Gasteiger partial charge in [-0.1, -0.05) is 73.4 Å². The molecule has 0 radical (unpaired) electrons. The van der Waals surface area contributed by atoms with Crippen molar-refractivity contribution in [1.29, 1.82) is 0 Å². The Morgan fingerprint density at radius 1 is 1.09 bits per heavy atom. The van der Waals surface area contributed by atoms with Gasteiger partial charge >= 0.3 is 0 Å². The van der Waals surface area contributed by atoms with Crippen LogP contribution < -0.4 is 10.6 Å². The van der Waals surface area contributed by atoms with Crippen molar-refractivity contribution in [1.82, 2.24) is 9.88 Å². The van der Waals surface area contributed by atoms with Crippen LogP contribution in [0.3, 0.4) is 0 Å². The van der Waals surface area contributed by atoms with Crippen LogP contribution in [0.5, 0.6) is 0 Å². The summed E-state index contributed by atoms with van der Waals surface area (Å²) in [7, 11) is 1.79. The molecule has 0 atom stereocenters. The molecule has 1 heterocycles. The first-order valence-corrected chi connectivity index (χ1v) is 13.0. The van der Waals surface area contributed by atoms with Crippen molar-refractivity contribution in [2.75, 3.05) is 31.6 Å². The van der Waals surface area contributed by atoms with Crippen LogP contribution in [0.4, 0.5) is 5.13 Å². The van der Waals surface area contributed by atoms with E-state index in [9.17, 15) is 4.79 Å². The number of aromatic nitrogens is 1. The second kappa shape index (κ2) is 12.5. The largest absolute Gasteiger partial charge is 0.344 e. The van der Waals surface area contributed by atoms with E-state index >= 15 is 0 Å². The number of anilines is 1.